The van der Waals surface area contributed by atoms with Gasteiger partial charge in [-0.05, 0) is 45.4 Å². The number of alkyl halides is 3. The van der Waals surface area contributed by atoms with E-state index in [9.17, 15) is 27.9 Å². The zero-order valence-corrected chi connectivity index (χ0v) is 16.0. The Bertz CT molecular complexity index is 1050. The minimum atomic E-state index is -4.58. The lowest BCUT2D eigenvalue weighted by Crippen LogP contribution is -2.40. The number of nitrogens with zero attached hydrogens (tertiary/aromatic N) is 3. The Labute approximate surface area is 163 Å². The van der Waals surface area contributed by atoms with Crippen molar-refractivity contribution >= 4 is 6.09 Å². The van der Waals surface area contributed by atoms with E-state index in [1.54, 1.807) is 20.8 Å². The van der Waals surface area contributed by atoms with E-state index in [0.717, 1.165) is 16.7 Å². The van der Waals surface area contributed by atoms with Gasteiger partial charge in [-0.1, -0.05) is 6.07 Å². The molecule has 7 nitrogen and oxygen atoms in total. The number of carbonyl (C=O) groups is 1. The molecule has 0 radical (unpaired) electrons. The van der Waals surface area contributed by atoms with E-state index in [-0.39, 0.29) is 24.0 Å². The number of ether oxygens (including phenoxy) is 1. The molecule has 156 valence electrons. The zero-order valence-electron chi connectivity index (χ0n) is 16.0. The van der Waals surface area contributed by atoms with Crippen LogP contribution in [-0.2, 0) is 10.9 Å². The van der Waals surface area contributed by atoms with Crippen LogP contribution in [0.3, 0.4) is 0 Å². The molecule has 3 heterocycles. The fourth-order valence-corrected chi connectivity index (χ4v) is 4.02. The van der Waals surface area contributed by atoms with Crippen LogP contribution in [0.25, 0.3) is 5.69 Å². The molecule has 2 aliphatic rings. The first-order chi connectivity index (χ1) is 13.4. The van der Waals surface area contributed by atoms with E-state index < -0.39 is 41.0 Å². The highest BCUT2D eigenvalue weighted by Gasteiger charge is 2.50. The summed E-state index contributed by atoms with van der Waals surface area (Å²) in [4.78, 5) is 26.8. The molecule has 2 aromatic rings. The Morgan fingerprint density at radius 1 is 1.24 bits per heavy atom. The third kappa shape index (κ3) is 3.06. The minimum Gasteiger partial charge on any atom is -0.493 e. The van der Waals surface area contributed by atoms with Crippen LogP contribution >= 0.6 is 0 Å². The summed E-state index contributed by atoms with van der Waals surface area (Å²) in [5.41, 5.74) is -2.13. The predicted molar refractivity (Wildman–Crippen MR) is 96.0 cm³/mol. The molecule has 1 fully saturated rings. The van der Waals surface area contributed by atoms with Gasteiger partial charge in [0.1, 0.15) is 11.3 Å². The van der Waals surface area contributed by atoms with Crippen molar-refractivity contribution in [2.45, 2.75) is 51.1 Å². The molecule has 2 atom stereocenters. The number of halogens is 3. The van der Waals surface area contributed by atoms with E-state index in [2.05, 4.69) is 0 Å². The topological polar surface area (TPSA) is 76.7 Å². The van der Waals surface area contributed by atoms with Gasteiger partial charge in [0.25, 0.3) is 0 Å². The number of amides is 1. The summed E-state index contributed by atoms with van der Waals surface area (Å²) >= 11 is 0. The van der Waals surface area contributed by atoms with Crippen LogP contribution < -0.4 is 5.69 Å². The Balaban J connectivity index is 1.75. The summed E-state index contributed by atoms with van der Waals surface area (Å²) in [6.07, 6.45) is -4.69. The monoisotopic (exact) mass is 411 g/mol. The first-order valence-corrected chi connectivity index (χ1v) is 9.12. The minimum absolute atomic E-state index is 0.0903. The maximum atomic E-state index is 13.0. The highest BCUT2D eigenvalue weighted by atomic mass is 19.4. The molecule has 0 aliphatic carbocycles. The second-order valence-corrected chi connectivity index (χ2v) is 8.28. The van der Waals surface area contributed by atoms with Crippen molar-refractivity contribution in [1.82, 2.24) is 14.0 Å². The van der Waals surface area contributed by atoms with E-state index in [1.807, 2.05) is 0 Å². The van der Waals surface area contributed by atoms with Crippen molar-refractivity contribution in [1.29, 1.82) is 0 Å². The number of hydrogen-bond donors (Lipinski definition) is 1. The molecule has 1 amide bonds. The van der Waals surface area contributed by atoms with Crippen LogP contribution in [-0.4, -0.2) is 37.4 Å². The third-order valence-electron chi connectivity index (χ3n) is 5.12. The Morgan fingerprint density at radius 3 is 2.55 bits per heavy atom. The summed E-state index contributed by atoms with van der Waals surface area (Å²) in [5.74, 6) is -0.463. The molecule has 2 bridgehead atoms. The average molecular weight is 411 g/mol. The van der Waals surface area contributed by atoms with Gasteiger partial charge in [-0.15, -0.1) is 0 Å². The second kappa shape index (κ2) is 6.04. The molecular formula is C19H20F3N3O4. The van der Waals surface area contributed by atoms with Crippen LogP contribution in [0.2, 0.25) is 0 Å². The number of aromatic nitrogens is 2. The van der Waals surface area contributed by atoms with Gasteiger partial charge in [-0.3, -0.25) is 9.47 Å². The van der Waals surface area contributed by atoms with E-state index >= 15 is 0 Å². The quantitative estimate of drug-likeness (QED) is 0.778. The maximum absolute atomic E-state index is 13.0. The molecule has 0 saturated carbocycles. The molecule has 1 aromatic carbocycles. The van der Waals surface area contributed by atoms with Crippen molar-refractivity contribution in [3.63, 3.8) is 0 Å². The van der Waals surface area contributed by atoms with E-state index in [0.29, 0.717) is 6.42 Å². The van der Waals surface area contributed by atoms with Crippen LogP contribution in [0.1, 0.15) is 50.5 Å². The normalized spacial score (nSPS) is 20.8. The number of hydrogen-bond acceptors (Lipinski definition) is 4. The average Bonchev–Trinajstić information content (AvgIpc) is 3.24. The van der Waals surface area contributed by atoms with Crippen LogP contribution in [0.4, 0.5) is 18.0 Å². The molecule has 1 unspecified atom stereocenters. The highest BCUT2D eigenvalue weighted by molar-refractivity contribution is 5.70. The molecule has 1 N–H and O–H groups in total. The van der Waals surface area contributed by atoms with Gasteiger partial charge in [-0.2, -0.15) is 13.2 Å². The molecule has 10 heteroatoms. The van der Waals surface area contributed by atoms with Gasteiger partial charge in [0.2, 0.25) is 5.88 Å². The lowest BCUT2D eigenvalue weighted by atomic mass is 10.1. The number of imidazole rings is 1. The molecule has 1 aromatic heterocycles. The second-order valence-electron chi connectivity index (χ2n) is 8.28. The Morgan fingerprint density at radius 2 is 1.93 bits per heavy atom. The zero-order chi connectivity index (χ0) is 21.3. The number of benzene rings is 1. The van der Waals surface area contributed by atoms with Crippen molar-refractivity contribution in [2.24, 2.45) is 0 Å². The predicted octanol–water partition coefficient (Wildman–Crippen LogP) is 3.60. The van der Waals surface area contributed by atoms with Crippen molar-refractivity contribution in [3.05, 3.63) is 46.0 Å². The number of carbonyl (C=O) groups excluding carboxylic acids is 1. The smallest absolute Gasteiger partial charge is 0.416 e. The SMILES string of the molecule is CC(C)(C)OC(=O)N1C[C@H]2CC1c1c(O)n(-c3cccc(C(F)(F)F)c3)c(=O)n12. The standard InChI is InChI=1S/C19H20F3N3O4/c1-18(2,3)29-17(28)23-9-12-8-13(23)14-15(26)25(16(27)24(12)14)11-6-4-5-10(7-11)19(20,21)22/h4-7,12-13,26H,8-9H2,1-3H3/t12-,13?/m1/s1. The van der Waals surface area contributed by atoms with Crippen LogP contribution in [0, 0.1) is 0 Å². The summed E-state index contributed by atoms with van der Waals surface area (Å²) in [6, 6.07) is 3.25. The van der Waals surface area contributed by atoms with Crippen LogP contribution in [0.15, 0.2) is 29.1 Å². The van der Waals surface area contributed by atoms with Gasteiger partial charge in [0.05, 0.1) is 23.3 Å². The third-order valence-corrected chi connectivity index (χ3v) is 5.12. The summed E-state index contributed by atoms with van der Waals surface area (Å²) in [6.45, 7) is 5.43. The molecule has 29 heavy (non-hydrogen) atoms. The van der Waals surface area contributed by atoms with Crippen molar-refractivity contribution in [2.75, 3.05) is 6.54 Å². The molecule has 4 rings (SSSR count). The lowest BCUT2D eigenvalue weighted by molar-refractivity contribution is -0.137. The van der Waals surface area contributed by atoms with Gasteiger partial charge in [0.15, 0.2) is 0 Å². The molecular weight excluding hydrogens is 391 g/mol. The van der Waals surface area contributed by atoms with Gasteiger partial charge in [0, 0.05) is 6.54 Å². The lowest BCUT2D eigenvalue weighted by Gasteiger charge is -2.30. The fraction of sp³-hybridized carbons (Fsp3) is 0.474. The summed E-state index contributed by atoms with van der Waals surface area (Å²) in [7, 11) is 0. The summed E-state index contributed by atoms with van der Waals surface area (Å²) in [5, 5.41) is 10.7. The van der Waals surface area contributed by atoms with Crippen LogP contribution in [0.5, 0.6) is 5.88 Å². The van der Waals surface area contributed by atoms with Crippen molar-refractivity contribution < 1.29 is 27.8 Å². The van der Waals surface area contributed by atoms with Crippen molar-refractivity contribution in [3.8, 4) is 11.6 Å². The molecule has 2 aliphatic heterocycles. The fourth-order valence-electron chi connectivity index (χ4n) is 4.02. The number of likely N-dealkylation sites (tertiary alicyclic amines) is 1. The van der Waals surface area contributed by atoms with E-state index in [4.69, 9.17) is 4.74 Å². The van der Waals surface area contributed by atoms with Gasteiger partial charge < -0.3 is 9.84 Å². The Hall–Kier alpha value is -2.91. The number of fused-ring (bicyclic) bond motifs is 5. The summed E-state index contributed by atoms with van der Waals surface area (Å²) < 4.78 is 46.7. The first-order valence-electron chi connectivity index (χ1n) is 9.12. The molecule has 1 saturated heterocycles. The molecule has 0 spiro atoms. The maximum Gasteiger partial charge on any atom is 0.416 e. The Kier molecular flexibility index (Phi) is 4.04. The highest BCUT2D eigenvalue weighted by Crippen LogP contribution is 2.49. The van der Waals surface area contributed by atoms with E-state index in [1.165, 1.54) is 21.6 Å². The van der Waals surface area contributed by atoms with Gasteiger partial charge in [-0.25, -0.2) is 14.2 Å². The number of aromatic hydroxyl groups is 1. The first kappa shape index (κ1) is 19.4. The van der Waals surface area contributed by atoms with Gasteiger partial charge >= 0.3 is 18.0 Å². The largest absolute Gasteiger partial charge is 0.493 e. The number of rotatable bonds is 1.